The SMILES string of the molecule is COc1ccc(NC(=O)C(O)c2ccccc2)cc1. The lowest BCUT2D eigenvalue weighted by Gasteiger charge is -2.11. The number of ether oxygens (including phenoxy) is 1. The summed E-state index contributed by atoms with van der Waals surface area (Å²) in [6, 6.07) is 15.7. The third kappa shape index (κ3) is 3.33. The highest BCUT2D eigenvalue weighted by molar-refractivity contribution is 5.94. The fraction of sp³-hybridized carbons (Fsp3) is 0.133. The van der Waals surface area contributed by atoms with Gasteiger partial charge in [0.25, 0.3) is 5.91 Å². The second-order valence-corrected chi connectivity index (χ2v) is 4.03. The summed E-state index contributed by atoms with van der Waals surface area (Å²) in [7, 11) is 1.58. The van der Waals surface area contributed by atoms with Crippen molar-refractivity contribution in [3.63, 3.8) is 0 Å². The molecule has 1 amide bonds. The number of aliphatic hydroxyl groups is 1. The third-order valence-electron chi connectivity index (χ3n) is 2.72. The summed E-state index contributed by atoms with van der Waals surface area (Å²) in [6.07, 6.45) is -1.18. The van der Waals surface area contributed by atoms with Crippen molar-refractivity contribution in [3.05, 3.63) is 60.2 Å². The third-order valence-corrected chi connectivity index (χ3v) is 2.72. The summed E-state index contributed by atoms with van der Waals surface area (Å²) < 4.78 is 5.03. The molecule has 2 rings (SSSR count). The van der Waals surface area contributed by atoms with Crippen molar-refractivity contribution in [2.24, 2.45) is 0 Å². The molecule has 0 saturated carbocycles. The maximum Gasteiger partial charge on any atom is 0.257 e. The van der Waals surface area contributed by atoms with Gasteiger partial charge in [0.05, 0.1) is 7.11 Å². The molecule has 0 aliphatic carbocycles. The maximum absolute atomic E-state index is 11.9. The molecule has 0 saturated heterocycles. The second kappa shape index (κ2) is 6.02. The van der Waals surface area contributed by atoms with E-state index in [4.69, 9.17) is 4.74 Å². The number of anilines is 1. The van der Waals surface area contributed by atoms with Gasteiger partial charge in [-0.3, -0.25) is 4.79 Å². The van der Waals surface area contributed by atoms with Crippen LogP contribution in [0.2, 0.25) is 0 Å². The molecule has 2 aromatic carbocycles. The Labute approximate surface area is 111 Å². The molecule has 0 radical (unpaired) electrons. The average molecular weight is 257 g/mol. The summed E-state index contributed by atoms with van der Waals surface area (Å²) in [5.74, 6) is 0.248. The van der Waals surface area contributed by atoms with Gasteiger partial charge >= 0.3 is 0 Å². The van der Waals surface area contributed by atoms with E-state index in [9.17, 15) is 9.90 Å². The zero-order valence-electron chi connectivity index (χ0n) is 10.5. The molecule has 0 spiro atoms. The smallest absolute Gasteiger partial charge is 0.257 e. The van der Waals surface area contributed by atoms with Gasteiger partial charge in [0.1, 0.15) is 5.75 Å². The van der Waals surface area contributed by atoms with E-state index in [0.717, 1.165) is 0 Å². The zero-order chi connectivity index (χ0) is 13.7. The highest BCUT2D eigenvalue weighted by Gasteiger charge is 2.16. The van der Waals surface area contributed by atoms with Gasteiger partial charge in [0.15, 0.2) is 6.10 Å². The fourth-order valence-corrected chi connectivity index (χ4v) is 1.67. The van der Waals surface area contributed by atoms with Gasteiger partial charge in [-0.15, -0.1) is 0 Å². The number of nitrogens with one attached hydrogen (secondary N) is 1. The Bertz CT molecular complexity index is 537. The molecular formula is C15H15NO3. The predicted octanol–water partition coefficient (Wildman–Crippen LogP) is 2.37. The Morgan fingerprint density at radius 2 is 1.74 bits per heavy atom. The first kappa shape index (κ1) is 13.1. The number of benzene rings is 2. The Hall–Kier alpha value is -2.33. The normalized spacial score (nSPS) is 11.7. The summed E-state index contributed by atoms with van der Waals surface area (Å²) in [5, 5.41) is 12.6. The largest absolute Gasteiger partial charge is 0.497 e. The number of carbonyl (C=O) groups is 1. The number of aliphatic hydroxyl groups excluding tert-OH is 1. The van der Waals surface area contributed by atoms with Crippen LogP contribution in [0.3, 0.4) is 0 Å². The van der Waals surface area contributed by atoms with Gasteiger partial charge in [0.2, 0.25) is 0 Å². The second-order valence-electron chi connectivity index (χ2n) is 4.03. The number of hydrogen-bond acceptors (Lipinski definition) is 3. The van der Waals surface area contributed by atoms with E-state index in [-0.39, 0.29) is 0 Å². The van der Waals surface area contributed by atoms with Gasteiger partial charge in [-0.1, -0.05) is 30.3 Å². The summed E-state index contributed by atoms with van der Waals surface area (Å²) in [5.41, 5.74) is 1.18. The minimum Gasteiger partial charge on any atom is -0.497 e. The highest BCUT2D eigenvalue weighted by Crippen LogP contribution is 2.18. The van der Waals surface area contributed by atoms with Crippen molar-refractivity contribution in [2.75, 3.05) is 12.4 Å². The quantitative estimate of drug-likeness (QED) is 0.884. The van der Waals surface area contributed by atoms with Crippen molar-refractivity contribution < 1.29 is 14.6 Å². The lowest BCUT2D eigenvalue weighted by atomic mass is 10.1. The molecule has 19 heavy (non-hydrogen) atoms. The Balaban J connectivity index is 2.04. The standard InChI is InChI=1S/C15H15NO3/c1-19-13-9-7-12(8-10-13)16-15(18)14(17)11-5-3-2-4-6-11/h2-10,14,17H,1H3,(H,16,18). The van der Waals surface area contributed by atoms with Crippen LogP contribution in [-0.4, -0.2) is 18.1 Å². The van der Waals surface area contributed by atoms with Crippen LogP contribution < -0.4 is 10.1 Å². The van der Waals surface area contributed by atoms with Crippen molar-refractivity contribution >= 4 is 11.6 Å². The van der Waals surface area contributed by atoms with Crippen molar-refractivity contribution in [1.82, 2.24) is 0 Å². The van der Waals surface area contributed by atoms with Crippen LogP contribution in [0.1, 0.15) is 11.7 Å². The Kier molecular flexibility index (Phi) is 4.15. The predicted molar refractivity (Wildman–Crippen MR) is 73.0 cm³/mol. The molecule has 1 unspecified atom stereocenters. The van der Waals surface area contributed by atoms with E-state index in [0.29, 0.717) is 17.0 Å². The van der Waals surface area contributed by atoms with Gasteiger partial charge < -0.3 is 15.2 Å². The number of hydrogen-bond donors (Lipinski definition) is 2. The van der Waals surface area contributed by atoms with Crippen LogP contribution in [0.4, 0.5) is 5.69 Å². The molecule has 0 bridgehead atoms. The minimum absolute atomic E-state index is 0.462. The topological polar surface area (TPSA) is 58.6 Å². The molecule has 0 heterocycles. The minimum atomic E-state index is -1.18. The molecule has 4 nitrogen and oxygen atoms in total. The van der Waals surface area contributed by atoms with E-state index >= 15 is 0 Å². The zero-order valence-corrected chi connectivity index (χ0v) is 10.5. The first-order valence-corrected chi connectivity index (χ1v) is 5.88. The summed E-state index contributed by atoms with van der Waals surface area (Å²) in [4.78, 5) is 11.9. The van der Waals surface area contributed by atoms with Gasteiger partial charge in [-0.25, -0.2) is 0 Å². The first-order chi connectivity index (χ1) is 9.20. The van der Waals surface area contributed by atoms with Crippen molar-refractivity contribution in [1.29, 1.82) is 0 Å². The van der Waals surface area contributed by atoms with Gasteiger partial charge in [-0.2, -0.15) is 0 Å². The van der Waals surface area contributed by atoms with Crippen LogP contribution in [0.15, 0.2) is 54.6 Å². The Morgan fingerprint density at radius 3 is 2.32 bits per heavy atom. The van der Waals surface area contributed by atoms with Crippen LogP contribution in [0.25, 0.3) is 0 Å². The molecular weight excluding hydrogens is 242 g/mol. The fourth-order valence-electron chi connectivity index (χ4n) is 1.67. The van der Waals surface area contributed by atoms with E-state index in [1.807, 2.05) is 6.07 Å². The monoisotopic (exact) mass is 257 g/mol. The molecule has 0 fully saturated rings. The molecule has 0 aliphatic rings. The lowest BCUT2D eigenvalue weighted by Crippen LogP contribution is -2.20. The summed E-state index contributed by atoms with van der Waals surface area (Å²) in [6.45, 7) is 0. The van der Waals surface area contributed by atoms with Crippen LogP contribution in [-0.2, 0) is 4.79 Å². The molecule has 1 atom stereocenters. The molecule has 2 N–H and O–H groups in total. The molecule has 2 aromatic rings. The number of amides is 1. The van der Waals surface area contributed by atoms with Crippen molar-refractivity contribution in [3.8, 4) is 5.75 Å². The van der Waals surface area contributed by atoms with Gasteiger partial charge in [-0.05, 0) is 29.8 Å². The van der Waals surface area contributed by atoms with E-state index in [2.05, 4.69) is 5.32 Å². The van der Waals surface area contributed by atoms with Crippen LogP contribution in [0.5, 0.6) is 5.75 Å². The Morgan fingerprint density at radius 1 is 1.11 bits per heavy atom. The highest BCUT2D eigenvalue weighted by atomic mass is 16.5. The van der Waals surface area contributed by atoms with Gasteiger partial charge in [0, 0.05) is 5.69 Å². The molecule has 4 heteroatoms. The average Bonchev–Trinajstić information content (AvgIpc) is 2.48. The van der Waals surface area contributed by atoms with Crippen LogP contribution in [0, 0.1) is 0 Å². The van der Waals surface area contributed by atoms with E-state index < -0.39 is 12.0 Å². The number of carbonyl (C=O) groups excluding carboxylic acids is 1. The molecule has 98 valence electrons. The number of methoxy groups -OCH3 is 1. The van der Waals surface area contributed by atoms with E-state index in [1.165, 1.54) is 0 Å². The maximum atomic E-state index is 11.9. The van der Waals surface area contributed by atoms with Crippen molar-refractivity contribution in [2.45, 2.75) is 6.10 Å². The van der Waals surface area contributed by atoms with Crippen LogP contribution >= 0.6 is 0 Å². The van der Waals surface area contributed by atoms with E-state index in [1.54, 1.807) is 55.6 Å². The molecule has 0 aromatic heterocycles. The number of rotatable bonds is 4. The molecule has 0 aliphatic heterocycles. The first-order valence-electron chi connectivity index (χ1n) is 5.88. The summed E-state index contributed by atoms with van der Waals surface area (Å²) >= 11 is 0. The lowest BCUT2D eigenvalue weighted by molar-refractivity contribution is -0.124.